The Labute approximate surface area is 124 Å². The maximum atomic E-state index is 6.21. The van der Waals surface area contributed by atoms with Crippen molar-refractivity contribution in [3.63, 3.8) is 0 Å². The maximum absolute atomic E-state index is 6.21. The molecule has 0 saturated carbocycles. The molecule has 2 aromatic rings. The lowest BCUT2D eigenvalue weighted by Gasteiger charge is -2.23. The van der Waals surface area contributed by atoms with Gasteiger partial charge in [-0.1, -0.05) is 31.5 Å². The van der Waals surface area contributed by atoms with E-state index in [-0.39, 0.29) is 5.92 Å². The molecule has 0 unspecified atom stereocenters. The number of anilines is 2. The Morgan fingerprint density at radius 2 is 2.00 bits per heavy atom. The number of halogens is 1. The summed E-state index contributed by atoms with van der Waals surface area (Å²) in [7, 11) is 3.61. The molecule has 2 rings (SSSR count). The number of hydrogen-bond acceptors (Lipinski definition) is 4. The first-order valence-electron chi connectivity index (χ1n) is 6.42. The largest absolute Gasteiger partial charge is 0.497 e. The first-order valence-corrected chi connectivity index (χ1v) is 6.80. The van der Waals surface area contributed by atoms with E-state index in [0.29, 0.717) is 5.15 Å². The molecule has 0 spiro atoms. The summed E-state index contributed by atoms with van der Waals surface area (Å²) in [4.78, 5) is 10.4. The molecule has 0 radical (unpaired) electrons. The number of ether oxygens (including phenoxy) is 1. The maximum Gasteiger partial charge on any atom is 0.141 e. The van der Waals surface area contributed by atoms with Crippen LogP contribution < -0.4 is 9.64 Å². The number of nitrogens with zero attached hydrogens (tertiary/aromatic N) is 3. The van der Waals surface area contributed by atoms with Crippen LogP contribution in [0.2, 0.25) is 5.15 Å². The SMILES string of the molecule is COc1cccc(N(C)c2ncnc(Cl)c2C(C)C)c1. The number of methoxy groups -OCH3 is 1. The Morgan fingerprint density at radius 3 is 2.65 bits per heavy atom. The van der Waals surface area contributed by atoms with Crippen molar-refractivity contribution in [2.24, 2.45) is 0 Å². The van der Waals surface area contributed by atoms with Crippen molar-refractivity contribution in [1.82, 2.24) is 9.97 Å². The summed E-state index contributed by atoms with van der Waals surface area (Å²) in [5.74, 6) is 1.86. The highest BCUT2D eigenvalue weighted by Gasteiger charge is 2.17. The number of aromatic nitrogens is 2. The van der Waals surface area contributed by atoms with Crippen LogP contribution in [0, 0.1) is 0 Å². The molecule has 1 heterocycles. The summed E-state index contributed by atoms with van der Waals surface area (Å²) >= 11 is 6.21. The van der Waals surface area contributed by atoms with Crippen LogP contribution in [0.25, 0.3) is 0 Å². The van der Waals surface area contributed by atoms with Crippen molar-refractivity contribution in [3.8, 4) is 5.75 Å². The van der Waals surface area contributed by atoms with Crippen LogP contribution in [0.3, 0.4) is 0 Å². The minimum atomic E-state index is 0.242. The van der Waals surface area contributed by atoms with Crippen molar-refractivity contribution in [3.05, 3.63) is 41.3 Å². The summed E-state index contributed by atoms with van der Waals surface area (Å²) in [6, 6.07) is 7.82. The molecule has 106 valence electrons. The quantitative estimate of drug-likeness (QED) is 0.797. The highest BCUT2D eigenvalue weighted by Crippen LogP contribution is 2.34. The normalized spacial score (nSPS) is 10.7. The third kappa shape index (κ3) is 2.85. The van der Waals surface area contributed by atoms with Gasteiger partial charge in [-0.25, -0.2) is 9.97 Å². The second-order valence-corrected chi connectivity index (χ2v) is 5.17. The van der Waals surface area contributed by atoms with Gasteiger partial charge in [-0.05, 0) is 18.1 Å². The van der Waals surface area contributed by atoms with E-state index < -0.39 is 0 Å². The van der Waals surface area contributed by atoms with Crippen LogP contribution in [0.4, 0.5) is 11.5 Å². The van der Waals surface area contributed by atoms with Gasteiger partial charge in [0.1, 0.15) is 23.0 Å². The Balaban J connectivity index is 2.47. The molecule has 0 fully saturated rings. The first-order chi connectivity index (χ1) is 9.54. The number of benzene rings is 1. The van der Waals surface area contributed by atoms with Crippen LogP contribution in [-0.2, 0) is 0 Å². The van der Waals surface area contributed by atoms with Crippen molar-refractivity contribution < 1.29 is 4.74 Å². The molecular formula is C15H18ClN3O. The fourth-order valence-corrected chi connectivity index (χ4v) is 2.42. The molecule has 0 saturated heterocycles. The van der Waals surface area contributed by atoms with Crippen LogP contribution in [0.1, 0.15) is 25.3 Å². The predicted octanol–water partition coefficient (Wildman–Crippen LogP) is 4.03. The van der Waals surface area contributed by atoms with Crippen LogP contribution in [0.5, 0.6) is 5.75 Å². The Hall–Kier alpha value is -1.81. The molecule has 20 heavy (non-hydrogen) atoms. The summed E-state index contributed by atoms with van der Waals surface area (Å²) in [5, 5.41) is 0.500. The van der Waals surface area contributed by atoms with E-state index in [4.69, 9.17) is 16.3 Å². The van der Waals surface area contributed by atoms with Gasteiger partial charge in [-0.3, -0.25) is 0 Å². The molecule has 0 amide bonds. The average Bonchev–Trinajstić information content (AvgIpc) is 2.45. The van der Waals surface area contributed by atoms with Gasteiger partial charge in [0, 0.05) is 24.4 Å². The molecule has 0 N–H and O–H groups in total. The summed E-state index contributed by atoms with van der Waals surface area (Å²) in [6.07, 6.45) is 1.49. The average molecular weight is 292 g/mol. The summed E-state index contributed by atoms with van der Waals surface area (Å²) in [6.45, 7) is 4.15. The van der Waals surface area contributed by atoms with E-state index in [1.54, 1.807) is 7.11 Å². The molecule has 5 heteroatoms. The van der Waals surface area contributed by atoms with Crippen LogP contribution in [-0.4, -0.2) is 24.1 Å². The van der Waals surface area contributed by atoms with Gasteiger partial charge in [-0.15, -0.1) is 0 Å². The van der Waals surface area contributed by atoms with Crippen molar-refractivity contribution >= 4 is 23.1 Å². The van der Waals surface area contributed by atoms with E-state index in [1.165, 1.54) is 6.33 Å². The molecular weight excluding hydrogens is 274 g/mol. The Kier molecular flexibility index (Phi) is 4.45. The monoisotopic (exact) mass is 291 g/mol. The van der Waals surface area contributed by atoms with Crippen molar-refractivity contribution in [2.75, 3.05) is 19.1 Å². The van der Waals surface area contributed by atoms with E-state index in [9.17, 15) is 0 Å². The topological polar surface area (TPSA) is 38.2 Å². The van der Waals surface area contributed by atoms with Gasteiger partial charge < -0.3 is 9.64 Å². The number of rotatable bonds is 4. The third-order valence-electron chi connectivity index (χ3n) is 3.15. The van der Waals surface area contributed by atoms with Gasteiger partial charge >= 0.3 is 0 Å². The lowest BCUT2D eigenvalue weighted by molar-refractivity contribution is 0.415. The van der Waals surface area contributed by atoms with Gasteiger partial charge in [0.05, 0.1) is 7.11 Å². The van der Waals surface area contributed by atoms with Gasteiger partial charge in [-0.2, -0.15) is 0 Å². The Morgan fingerprint density at radius 1 is 1.25 bits per heavy atom. The number of hydrogen-bond donors (Lipinski definition) is 0. The van der Waals surface area contributed by atoms with E-state index in [1.807, 2.05) is 36.2 Å². The predicted molar refractivity (Wildman–Crippen MR) is 82.2 cm³/mol. The van der Waals surface area contributed by atoms with Gasteiger partial charge in [0.15, 0.2) is 0 Å². The standard InChI is InChI=1S/C15H18ClN3O/c1-10(2)13-14(16)17-9-18-15(13)19(3)11-6-5-7-12(8-11)20-4/h5-10H,1-4H3. The highest BCUT2D eigenvalue weighted by molar-refractivity contribution is 6.30. The van der Waals surface area contributed by atoms with Crippen molar-refractivity contribution in [1.29, 1.82) is 0 Å². The minimum Gasteiger partial charge on any atom is -0.497 e. The lowest BCUT2D eigenvalue weighted by Crippen LogP contribution is -2.15. The summed E-state index contributed by atoms with van der Waals surface area (Å²) in [5.41, 5.74) is 1.93. The fraction of sp³-hybridized carbons (Fsp3) is 0.333. The fourth-order valence-electron chi connectivity index (χ4n) is 2.07. The minimum absolute atomic E-state index is 0.242. The molecule has 1 aromatic carbocycles. The zero-order chi connectivity index (χ0) is 14.7. The zero-order valence-electron chi connectivity index (χ0n) is 12.1. The first kappa shape index (κ1) is 14.6. The molecule has 0 aliphatic carbocycles. The van der Waals surface area contributed by atoms with E-state index >= 15 is 0 Å². The molecule has 0 aliphatic rings. The smallest absolute Gasteiger partial charge is 0.141 e. The molecule has 4 nitrogen and oxygen atoms in total. The third-order valence-corrected chi connectivity index (χ3v) is 3.45. The Bertz CT molecular complexity index is 601. The van der Waals surface area contributed by atoms with Gasteiger partial charge in [0.2, 0.25) is 0 Å². The lowest BCUT2D eigenvalue weighted by atomic mass is 10.1. The van der Waals surface area contributed by atoms with Crippen LogP contribution >= 0.6 is 11.6 Å². The summed E-state index contributed by atoms with van der Waals surface area (Å²) < 4.78 is 5.26. The second kappa shape index (κ2) is 6.09. The molecule has 0 bridgehead atoms. The van der Waals surface area contributed by atoms with E-state index in [0.717, 1.165) is 22.8 Å². The van der Waals surface area contributed by atoms with Crippen molar-refractivity contribution in [2.45, 2.75) is 19.8 Å². The highest BCUT2D eigenvalue weighted by atomic mass is 35.5. The molecule has 0 atom stereocenters. The zero-order valence-corrected chi connectivity index (χ0v) is 12.8. The van der Waals surface area contributed by atoms with E-state index in [2.05, 4.69) is 23.8 Å². The molecule has 1 aromatic heterocycles. The second-order valence-electron chi connectivity index (χ2n) is 4.82. The molecule has 0 aliphatic heterocycles. The van der Waals surface area contributed by atoms with Crippen LogP contribution in [0.15, 0.2) is 30.6 Å². The van der Waals surface area contributed by atoms with Gasteiger partial charge in [0.25, 0.3) is 0 Å².